The molecule has 0 aromatic heterocycles. The van der Waals surface area contributed by atoms with E-state index >= 15 is 0 Å². The van der Waals surface area contributed by atoms with Crippen molar-refractivity contribution in [3.05, 3.63) is 34.2 Å². The first kappa shape index (κ1) is 16.6. The monoisotopic (exact) mass is 293 g/mol. The van der Waals surface area contributed by atoms with Gasteiger partial charge in [0.1, 0.15) is 6.04 Å². The highest BCUT2D eigenvalue weighted by Gasteiger charge is 2.23. The number of amides is 1. The Morgan fingerprint density at radius 1 is 1.48 bits per heavy atom. The Hall–Kier alpha value is -2.44. The Balaban J connectivity index is 2.90. The van der Waals surface area contributed by atoms with Crippen LogP contribution < -0.4 is 20.5 Å². The molecule has 0 aliphatic rings. The van der Waals surface area contributed by atoms with Gasteiger partial charge in [-0.3, -0.25) is 4.79 Å². The number of carbonyl (C=O) groups is 1. The van der Waals surface area contributed by atoms with Gasteiger partial charge in [-0.1, -0.05) is 17.2 Å². The molecule has 0 fully saturated rings. The van der Waals surface area contributed by atoms with Crippen LogP contribution in [0.15, 0.2) is 23.3 Å². The van der Waals surface area contributed by atoms with Crippen molar-refractivity contribution in [2.75, 3.05) is 27.3 Å². The van der Waals surface area contributed by atoms with Crippen LogP contribution in [0.3, 0.4) is 0 Å². The number of ether oxygens (including phenoxy) is 2. The molecule has 1 aromatic carbocycles. The number of benzene rings is 1. The van der Waals surface area contributed by atoms with E-state index in [0.717, 1.165) is 0 Å². The van der Waals surface area contributed by atoms with Crippen molar-refractivity contribution in [2.45, 2.75) is 12.5 Å². The summed E-state index contributed by atoms with van der Waals surface area (Å²) in [6.45, 7) is 0.831. The van der Waals surface area contributed by atoms with Crippen molar-refractivity contribution >= 4 is 5.91 Å². The number of hydrogen-bond donors (Lipinski definition) is 2. The predicted octanol–water partition coefficient (Wildman–Crippen LogP) is 1.52. The van der Waals surface area contributed by atoms with Crippen LogP contribution in [0.1, 0.15) is 18.0 Å². The summed E-state index contributed by atoms with van der Waals surface area (Å²) >= 11 is 0. The van der Waals surface area contributed by atoms with Crippen LogP contribution in [0.4, 0.5) is 0 Å². The van der Waals surface area contributed by atoms with Gasteiger partial charge in [-0.05, 0) is 24.6 Å². The molecule has 3 N–H and O–H groups in total. The van der Waals surface area contributed by atoms with Crippen molar-refractivity contribution in [3.63, 3.8) is 0 Å². The largest absolute Gasteiger partial charge is 0.493 e. The van der Waals surface area contributed by atoms with E-state index in [1.54, 1.807) is 18.2 Å². The average molecular weight is 293 g/mol. The van der Waals surface area contributed by atoms with E-state index in [4.69, 9.17) is 20.7 Å². The number of methoxy groups -OCH3 is 2. The molecule has 0 aliphatic heterocycles. The molecule has 114 valence electrons. The minimum atomic E-state index is -0.707. The number of rotatable bonds is 9. The summed E-state index contributed by atoms with van der Waals surface area (Å²) in [5.74, 6) is 0.466. The molecule has 0 spiro atoms. The van der Waals surface area contributed by atoms with Crippen molar-refractivity contribution < 1.29 is 14.3 Å². The zero-order chi connectivity index (χ0) is 15.7. The maximum atomic E-state index is 11.7. The number of nitrogens with one attached hydrogen (secondary N) is 1. The van der Waals surface area contributed by atoms with Gasteiger partial charge in [-0.25, -0.2) is 0 Å². The molecule has 1 rings (SSSR count). The van der Waals surface area contributed by atoms with Crippen molar-refractivity contribution in [1.82, 2.24) is 5.32 Å². The van der Waals surface area contributed by atoms with Crippen LogP contribution in [0.5, 0.6) is 11.5 Å². The van der Waals surface area contributed by atoms with Crippen LogP contribution in [0, 0.1) is 0 Å². The summed E-state index contributed by atoms with van der Waals surface area (Å²) in [5.41, 5.74) is 14.3. The molecular weight excluding hydrogens is 274 g/mol. The molecular formula is C13H19N5O3. The Morgan fingerprint density at radius 2 is 2.24 bits per heavy atom. The highest BCUT2D eigenvalue weighted by atomic mass is 16.5. The van der Waals surface area contributed by atoms with E-state index in [1.807, 2.05) is 0 Å². The molecule has 0 saturated carbocycles. The van der Waals surface area contributed by atoms with E-state index in [9.17, 15) is 4.79 Å². The summed E-state index contributed by atoms with van der Waals surface area (Å²) in [6.07, 6.45) is 0.597. The summed E-state index contributed by atoms with van der Waals surface area (Å²) < 4.78 is 10.5. The predicted molar refractivity (Wildman–Crippen MR) is 78.1 cm³/mol. The van der Waals surface area contributed by atoms with Gasteiger partial charge >= 0.3 is 0 Å². The summed E-state index contributed by atoms with van der Waals surface area (Å²) in [6, 6.07) is 4.54. The molecule has 8 heteroatoms. The molecule has 1 aromatic rings. The lowest BCUT2D eigenvalue weighted by atomic mass is 10.0. The van der Waals surface area contributed by atoms with E-state index in [-0.39, 0.29) is 0 Å². The van der Waals surface area contributed by atoms with Gasteiger partial charge in [-0.15, -0.1) is 0 Å². The van der Waals surface area contributed by atoms with Gasteiger partial charge in [0, 0.05) is 17.0 Å². The molecule has 21 heavy (non-hydrogen) atoms. The Morgan fingerprint density at radius 3 is 2.81 bits per heavy atom. The van der Waals surface area contributed by atoms with Gasteiger partial charge < -0.3 is 20.5 Å². The molecule has 1 amide bonds. The zero-order valence-corrected chi connectivity index (χ0v) is 12.1. The first-order chi connectivity index (χ1) is 10.2. The molecule has 1 atom stereocenters. The van der Waals surface area contributed by atoms with Crippen LogP contribution >= 0.6 is 0 Å². The highest BCUT2D eigenvalue weighted by molar-refractivity contribution is 5.82. The normalized spacial score (nSPS) is 11.3. The number of azide groups is 1. The average Bonchev–Trinajstić information content (AvgIpc) is 2.49. The summed E-state index contributed by atoms with van der Waals surface area (Å²) in [7, 11) is 3.02. The third-order valence-electron chi connectivity index (χ3n) is 2.88. The molecule has 0 saturated heterocycles. The molecule has 0 radical (unpaired) electrons. The fourth-order valence-corrected chi connectivity index (χ4v) is 1.94. The fourth-order valence-electron chi connectivity index (χ4n) is 1.94. The second-order valence-electron chi connectivity index (χ2n) is 4.18. The standard InChI is InChI=1S/C13H19N5O3/c1-20-10-6-3-5-9(12(10)21-2)11(13(14)19)16-7-4-8-17-18-15/h3,5-6,11,16H,4,7-8H2,1-2H3,(H2,14,19). The quantitative estimate of drug-likeness (QED) is 0.310. The fraction of sp³-hybridized carbons (Fsp3) is 0.462. The van der Waals surface area contributed by atoms with Crippen LogP contribution in [0.2, 0.25) is 0 Å². The number of nitrogens with zero attached hydrogens (tertiary/aromatic N) is 3. The minimum absolute atomic E-state index is 0.351. The molecule has 8 nitrogen and oxygen atoms in total. The first-order valence-corrected chi connectivity index (χ1v) is 6.40. The van der Waals surface area contributed by atoms with Gasteiger partial charge in [0.05, 0.1) is 14.2 Å². The SMILES string of the molecule is COc1cccc(C(NCCCN=[N+]=[N-])C(N)=O)c1OC. The van der Waals surface area contributed by atoms with Gasteiger partial charge in [0.15, 0.2) is 11.5 Å². The van der Waals surface area contributed by atoms with E-state index in [2.05, 4.69) is 15.3 Å². The molecule has 1 unspecified atom stereocenters. The van der Waals surface area contributed by atoms with Crippen molar-refractivity contribution in [3.8, 4) is 11.5 Å². The van der Waals surface area contributed by atoms with E-state index in [1.165, 1.54) is 14.2 Å². The molecule has 0 aliphatic carbocycles. The summed E-state index contributed by atoms with van der Waals surface area (Å²) in [5, 5.41) is 6.45. The summed E-state index contributed by atoms with van der Waals surface area (Å²) in [4.78, 5) is 14.3. The van der Waals surface area contributed by atoms with Crippen LogP contribution in [-0.4, -0.2) is 33.2 Å². The Labute approximate surface area is 122 Å². The molecule has 0 heterocycles. The van der Waals surface area contributed by atoms with E-state index in [0.29, 0.717) is 36.6 Å². The third-order valence-corrected chi connectivity index (χ3v) is 2.88. The van der Waals surface area contributed by atoms with Crippen molar-refractivity contribution in [1.29, 1.82) is 0 Å². The van der Waals surface area contributed by atoms with Gasteiger partial charge in [-0.2, -0.15) is 0 Å². The molecule has 0 bridgehead atoms. The number of primary amides is 1. The maximum Gasteiger partial charge on any atom is 0.239 e. The lowest BCUT2D eigenvalue weighted by Gasteiger charge is -2.19. The van der Waals surface area contributed by atoms with Crippen molar-refractivity contribution in [2.24, 2.45) is 10.8 Å². The second kappa shape index (κ2) is 8.68. The topological polar surface area (TPSA) is 122 Å². The first-order valence-electron chi connectivity index (χ1n) is 6.40. The second-order valence-corrected chi connectivity index (χ2v) is 4.18. The highest BCUT2D eigenvalue weighted by Crippen LogP contribution is 2.34. The van der Waals surface area contributed by atoms with Gasteiger partial charge in [0.2, 0.25) is 5.91 Å². The zero-order valence-electron chi connectivity index (χ0n) is 12.1. The Kier molecular flexibility index (Phi) is 6.86. The third kappa shape index (κ3) is 4.55. The van der Waals surface area contributed by atoms with Gasteiger partial charge in [0.25, 0.3) is 0 Å². The lowest BCUT2D eigenvalue weighted by molar-refractivity contribution is -0.120. The number of carbonyl (C=O) groups excluding carboxylic acids is 1. The maximum absolute atomic E-state index is 11.7. The lowest BCUT2D eigenvalue weighted by Crippen LogP contribution is -2.34. The number of para-hydroxylation sites is 1. The smallest absolute Gasteiger partial charge is 0.239 e. The van der Waals surface area contributed by atoms with Crippen LogP contribution in [0.25, 0.3) is 10.4 Å². The van der Waals surface area contributed by atoms with Crippen LogP contribution in [-0.2, 0) is 4.79 Å². The number of nitrogens with two attached hydrogens (primary N) is 1. The van der Waals surface area contributed by atoms with E-state index < -0.39 is 11.9 Å². The number of hydrogen-bond acceptors (Lipinski definition) is 5. The minimum Gasteiger partial charge on any atom is -0.493 e. The Bertz CT molecular complexity index is 529.